The maximum Gasteiger partial charge on any atom is 0.0706 e. The summed E-state index contributed by atoms with van der Waals surface area (Å²) in [6.07, 6.45) is 3.96. The molecule has 1 aliphatic carbocycles. The van der Waals surface area contributed by atoms with E-state index < -0.39 is 0 Å². The topological polar surface area (TPSA) is 17.8 Å². The summed E-state index contributed by atoms with van der Waals surface area (Å²) < 4.78 is 1.99. The van der Waals surface area contributed by atoms with E-state index in [-0.39, 0.29) is 0 Å². The number of rotatable bonds is 2. The predicted octanol–water partition coefficient (Wildman–Crippen LogP) is 2.53. The van der Waals surface area contributed by atoms with Gasteiger partial charge in [0, 0.05) is 12.4 Å². The molecule has 3 rings (SSSR count). The van der Waals surface area contributed by atoms with Gasteiger partial charge in [-0.3, -0.25) is 4.68 Å². The van der Waals surface area contributed by atoms with E-state index in [2.05, 4.69) is 29.4 Å². The lowest BCUT2D eigenvalue weighted by atomic mass is 10.1. The SMILES string of the molecule is Cn1nc(CC2CC2)c2ccccc21. The number of aromatic nitrogens is 2. The zero-order valence-corrected chi connectivity index (χ0v) is 8.40. The van der Waals surface area contributed by atoms with E-state index in [0.29, 0.717) is 0 Å². The Morgan fingerprint density at radius 1 is 1.36 bits per heavy atom. The van der Waals surface area contributed by atoms with E-state index >= 15 is 0 Å². The first-order chi connectivity index (χ1) is 6.84. The highest BCUT2D eigenvalue weighted by atomic mass is 15.3. The van der Waals surface area contributed by atoms with Crippen molar-refractivity contribution in [3.8, 4) is 0 Å². The van der Waals surface area contributed by atoms with E-state index in [0.717, 1.165) is 5.92 Å². The maximum atomic E-state index is 4.59. The Hall–Kier alpha value is -1.31. The van der Waals surface area contributed by atoms with E-state index in [1.807, 2.05) is 11.7 Å². The molecule has 1 aliphatic rings. The highest BCUT2D eigenvalue weighted by molar-refractivity contribution is 5.81. The molecule has 0 N–H and O–H groups in total. The molecule has 2 aromatic rings. The van der Waals surface area contributed by atoms with Gasteiger partial charge in [0.25, 0.3) is 0 Å². The highest BCUT2D eigenvalue weighted by Crippen LogP contribution is 2.34. The number of hydrogen-bond acceptors (Lipinski definition) is 1. The van der Waals surface area contributed by atoms with Crippen molar-refractivity contribution in [2.24, 2.45) is 13.0 Å². The molecular weight excluding hydrogens is 172 g/mol. The Kier molecular flexibility index (Phi) is 1.63. The Bertz CT molecular complexity index is 466. The number of para-hydroxylation sites is 1. The van der Waals surface area contributed by atoms with Crippen molar-refractivity contribution in [3.05, 3.63) is 30.0 Å². The van der Waals surface area contributed by atoms with Crippen molar-refractivity contribution in [1.29, 1.82) is 0 Å². The monoisotopic (exact) mass is 186 g/mol. The fourth-order valence-electron chi connectivity index (χ4n) is 2.03. The average Bonchev–Trinajstić information content (AvgIpc) is 2.95. The summed E-state index contributed by atoms with van der Waals surface area (Å²) >= 11 is 0. The average molecular weight is 186 g/mol. The molecule has 2 nitrogen and oxygen atoms in total. The number of benzene rings is 1. The first-order valence-corrected chi connectivity index (χ1v) is 5.25. The second-order valence-corrected chi connectivity index (χ2v) is 4.23. The number of nitrogens with zero attached hydrogens (tertiary/aromatic N) is 2. The molecule has 1 saturated carbocycles. The van der Waals surface area contributed by atoms with Crippen molar-refractivity contribution in [1.82, 2.24) is 9.78 Å². The van der Waals surface area contributed by atoms with Crippen molar-refractivity contribution in [2.75, 3.05) is 0 Å². The first-order valence-electron chi connectivity index (χ1n) is 5.25. The van der Waals surface area contributed by atoms with Crippen LogP contribution in [0.4, 0.5) is 0 Å². The van der Waals surface area contributed by atoms with Gasteiger partial charge in [-0.25, -0.2) is 0 Å². The van der Waals surface area contributed by atoms with Gasteiger partial charge in [-0.15, -0.1) is 0 Å². The molecule has 2 heteroatoms. The zero-order valence-electron chi connectivity index (χ0n) is 8.40. The molecule has 0 bridgehead atoms. The smallest absolute Gasteiger partial charge is 0.0706 e. The minimum Gasteiger partial charge on any atom is -0.268 e. The molecule has 1 heterocycles. The molecule has 0 amide bonds. The molecule has 1 fully saturated rings. The van der Waals surface area contributed by atoms with Crippen LogP contribution in [0.2, 0.25) is 0 Å². The van der Waals surface area contributed by atoms with Crippen molar-refractivity contribution in [2.45, 2.75) is 19.3 Å². The van der Waals surface area contributed by atoms with Gasteiger partial charge in [-0.05, 0) is 31.2 Å². The van der Waals surface area contributed by atoms with Crippen LogP contribution in [0.1, 0.15) is 18.5 Å². The van der Waals surface area contributed by atoms with Gasteiger partial charge in [0.2, 0.25) is 0 Å². The summed E-state index contributed by atoms with van der Waals surface area (Å²) in [5.41, 5.74) is 2.54. The molecule has 0 unspecified atom stereocenters. The van der Waals surface area contributed by atoms with Gasteiger partial charge in [0.1, 0.15) is 0 Å². The van der Waals surface area contributed by atoms with E-state index in [4.69, 9.17) is 0 Å². The zero-order chi connectivity index (χ0) is 9.54. The van der Waals surface area contributed by atoms with Crippen molar-refractivity contribution >= 4 is 10.9 Å². The normalized spacial score (nSPS) is 16.4. The van der Waals surface area contributed by atoms with Crippen LogP contribution in [0.5, 0.6) is 0 Å². The summed E-state index contributed by atoms with van der Waals surface area (Å²) in [7, 11) is 2.03. The van der Waals surface area contributed by atoms with Crippen LogP contribution in [-0.2, 0) is 13.5 Å². The van der Waals surface area contributed by atoms with Crippen LogP contribution >= 0.6 is 0 Å². The summed E-state index contributed by atoms with van der Waals surface area (Å²) in [4.78, 5) is 0. The summed E-state index contributed by atoms with van der Waals surface area (Å²) in [6.45, 7) is 0. The molecule has 1 aromatic carbocycles. The molecule has 1 aromatic heterocycles. The van der Waals surface area contributed by atoms with E-state index in [1.165, 1.54) is 35.9 Å². The summed E-state index contributed by atoms with van der Waals surface area (Å²) in [5, 5.41) is 5.92. The van der Waals surface area contributed by atoms with Gasteiger partial charge in [-0.1, -0.05) is 18.2 Å². The molecule has 14 heavy (non-hydrogen) atoms. The molecule has 0 atom stereocenters. The van der Waals surface area contributed by atoms with Crippen molar-refractivity contribution < 1.29 is 0 Å². The Morgan fingerprint density at radius 3 is 2.93 bits per heavy atom. The molecule has 0 saturated heterocycles. The van der Waals surface area contributed by atoms with Crippen LogP contribution in [0.25, 0.3) is 10.9 Å². The van der Waals surface area contributed by atoms with Crippen molar-refractivity contribution in [3.63, 3.8) is 0 Å². The maximum absolute atomic E-state index is 4.59. The number of aryl methyl sites for hydroxylation is 1. The van der Waals surface area contributed by atoms with Gasteiger partial charge >= 0.3 is 0 Å². The third-order valence-electron chi connectivity index (χ3n) is 3.01. The number of hydrogen-bond donors (Lipinski definition) is 0. The first kappa shape index (κ1) is 8.04. The van der Waals surface area contributed by atoms with Gasteiger partial charge in [-0.2, -0.15) is 5.10 Å². The third kappa shape index (κ3) is 1.22. The Balaban J connectivity index is 2.12. The Labute approximate surface area is 83.5 Å². The molecule has 72 valence electrons. The lowest BCUT2D eigenvalue weighted by Crippen LogP contribution is -1.92. The van der Waals surface area contributed by atoms with Crippen LogP contribution < -0.4 is 0 Å². The van der Waals surface area contributed by atoms with Crippen LogP contribution in [0.15, 0.2) is 24.3 Å². The van der Waals surface area contributed by atoms with Gasteiger partial charge in [0.05, 0.1) is 11.2 Å². The van der Waals surface area contributed by atoms with E-state index in [1.54, 1.807) is 0 Å². The Morgan fingerprint density at radius 2 is 2.14 bits per heavy atom. The minimum absolute atomic E-state index is 0.910. The molecular formula is C12H14N2. The van der Waals surface area contributed by atoms with Gasteiger partial charge in [0.15, 0.2) is 0 Å². The third-order valence-corrected chi connectivity index (χ3v) is 3.01. The van der Waals surface area contributed by atoms with E-state index in [9.17, 15) is 0 Å². The lowest BCUT2D eigenvalue weighted by Gasteiger charge is -1.92. The summed E-state index contributed by atoms with van der Waals surface area (Å²) in [6, 6.07) is 8.49. The number of fused-ring (bicyclic) bond motifs is 1. The minimum atomic E-state index is 0.910. The highest BCUT2D eigenvalue weighted by Gasteiger charge is 2.23. The molecule has 0 spiro atoms. The second kappa shape index (κ2) is 2.84. The fourth-order valence-corrected chi connectivity index (χ4v) is 2.03. The standard InChI is InChI=1S/C12H14N2/c1-14-12-5-3-2-4-10(12)11(13-14)8-9-6-7-9/h2-5,9H,6-8H2,1H3. The largest absolute Gasteiger partial charge is 0.268 e. The van der Waals surface area contributed by atoms with Gasteiger partial charge < -0.3 is 0 Å². The quantitative estimate of drug-likeness (QED) is 0.704. The van der Waals surface area contributed by atoms with Crippen LogP contribution in [-0.4, -0.2) is 9.78 Å². The van der Waals surface area contributed by atoms with Crippen LogP contribution in [0, 0.1) is 5.92 Å². The molecule has 0 radical (unpaired) electrons. The lowest BCUT2D eigenvalue weighted by molar-refractivity contribution is 0.731. The van der Waals surface area contributed by atoms with Crippen LogP contribution in [0.3, 0.4) is 0 Å². The second-order valence-electron chi connectivity index (χ2n) is 4.23. The summed E-state index contributed by atoms with van der Waals surface area (Å²) in [5.74, 6) is 0.910. The fraction of sp³-hybridized carbons (Fsp3) is 0.417. The molecule has 0 aliphatic heterocycles. The predicted molar refractivity (Wildman–Crippen MR) is 57.1 cm³/mol.